The van der Waals surface area contributed by atoms with Crippen LogP contribution in [-0.2, 0) is 9.59 Å². The van der Waals surface area contributed by atoms with Gasteiger partial charge >= 0.3 is 5.97 Å². The number of amides is 1. The number of nitrogens with two attached hydrogens (primary N) is 1. The molecule has 0 saturated heterocycles. The average Bonchev–Trinajstić information content (AvgIpc) is 2.61. The maximum absolute atomic E-state index is 12.1. The summed E-state index contributed by atoms with van der Waals surface area (Å²) in [7, 11) is 0. The fraction of sp³-hybridized carbons (Fsp3) is 0.833. The second-order valence-corrected chi connectivity index (χ2v) is 4.96. The van der Waals surface area contributed by atoms with E-state index in [9.17, 15) is 9.59 Å². The number of hydrogen-bond acceptors (Lipinski definition) is 4. The number of aliphatic hydroxyl groups is 1. The smallest absolute Gasteiger partial charge is 0.334 e. The maximum atomic E-state index is 12.1. The van der Waals surface area contributed by atoms with Crippen LogP contribution in [0.2, 0.25) is 0 Å². The number of carbonyl (C=O) groups excluding carboxylic acids is 1. The van der Waals surface area contributed by atoms with Crippen molar-refractivity contribution in [1.29, 1.82) is 0 Å². The molecule has 5 N–H and O–H groups in total. The van der Waals surface area contributed by atoms with Crippen molar-refractivity contribution in [1.82, 2.24) is 5.32 Å². The van der Waals surface area contributed by atoms with Gasteiger partial charge in [0.1, 0.15) is 0 Å². The lowest BCUT2D eigenvalue weighted by atomic mass is 9.79. The zero-order valence-electron chi connectivity index (χ0n) is 10.5. The third kappa shape index (κ3) is 3.68. The van der Waals surface area contributed by atoms with Crippen molar-refractivity contribution in [3.8, 4) is 0 Å². The van der Waals surface area contributed by atoms with Crippen LogP contribution in [0.4, 0.5) is 0 Å². The van der Waals surface area contributed by atoms with Crippen LogP contribution < -0.4 is 11.1 Å². The molecule has 0 aliphatic heterocycles. The molecule has 1 atom stereocenters. The molecule has 104 valence electrons. The van der Waals surface area contributed by atoms with Crippen LogP contribution in [0.1, 0.15) is 38.5 Å². The van der Waals surface area contributed by atoms with E-state index in [-0.39, 0.29) is 19.0 Å². The van der Waals surface area contributed by atoms with E-state index in [1.54, 1.807) is 0 Å². The molecule has 6 nitrogen and oxygen atoms in total. The Kier molecular flexibility index (Phi) is 5.55. The molecule has 0 radical (unpaired) electrons. The third-order valence-electron chi connectivity index (χ3n) is 3.67. The van der Waals surface area contributed by atoms with Crippen LogP contribution >= 0.6 is 0 Å². The van der Waals surface area contributed by atoms with Crippen LogP contribution in [0.15, 0.2) is 0 Å². The molecule has 6 heteroatoms. The standard InChI is InChI=1S/C12H22N2O4/c13-8-12(5-3-1-2-4-6-12)11(18)14-7-9(15)10(16)17/h9,15H,1-8,13H2,(H,14,18)(H,16,17)/t9-/m0/s1. The number of carboxylic acids is 1. The minimum atomic E-state index is -1.56. The van der Waals surface area contributed by atoms with Gasteiger partial charge in [0.25, 0.3) is 0 Å². The predicted octanol–water partition coefficient (Wildman–Crippen LogP) is -0.153. The molecule has 18 heavy (non-hydrogen) atoms. The Morgan fingerprint density at radius 3 is 2.22 bits per heavy atom. The highest BCUT2D eigenvalue weighted by Gasteiger charge is 2.37. The van der Waals surface area contributed by atoms with Gasteiger partial charge in [-0.15, -0.1) is 0 Å². The topological polar surface area (TPSA) is 113 Å². The van der Waals surface area contributed by atoms with E-state index in [4.69, 9.17) is 15.9 Å². The quantitative estimate of drug-likeness (QED) is 0.512. The van der Waals surface area contributed by atoms with Crippen LogP contribution in [0.3, 0.4) is 0 Å². The van der Waals surface area contributed by atoms with Gasteiger partial charge in [-0.2, -0.15) is 0 Å². The zero-order chi connectivity index (χ0) is 13.6. The van der Waals surface area contributed by atoms with Crippen molar-refractivity contribution in [3.63, 3.8) is 0 Å². The fourth-order valence-corrected chi connectivity index (χ4v) is 2.39. The van der Waals surface area contributed by atoms with E-state index in [1.807, 2.05) is 0 Å². The van der Waals surface area contributed by atoms with Crippen molar-refractivity contribution < 1.29 is 19.8 Å². The lowest BCUT2D eigenvalue weighted by Crippen LogP contribution is -2.48. The summed E-state index contributed by atoms with van der Waals surface area (Å²) in [4.78, 5) is 22.6. The van der Waals surface area contributed by atoms with Crippen molar-refractivity contribution in [3.05, 3.63) is 0 Å². The number of nitrogens with one attached hydrogen (secondary N) is 1. The molecule has 0 heterocycles. The molecule has 1 saturated carbocycles. The Labute approximate surface area is 107 Å². The normalized spacial score (nSPS) is 20.8. The Bertz CT molecular complexity index is 298. The molecule has 1 aliphatic carbocycles. The summed E-state index contributed by atoms with van der Waals surface area (Å²) >= 11 is 0. The van der Waals surface area contributed by atoms with E-state index in [0.717, 1.165) is 38.5 Å². The van der Waals surface area contributed by atoms with Gasteiger partial charge < -0.3 is 21.3 Å². The first-order valence-corrected chi connectivity index (χ1v) is 6.41. The van der Waals surface area contributed by atoms with Gasteiger partial charge in [0.2, 0.25) is 5.91 Å². The minimum absolute atomic E-state index is 0.229. The van der Waals surface area contributed by atoms with E-state index >= 15 is 0 Å². The summed E-state index contributed by atoms with van der Waals surface area (Å²) in [5.41, 5.74) is 5.15. The monoisotopic (exact) mass is 258 g/mol. The van der Waals surface area contributed by atoms with Crippen molar-refractivity contribution in [2.45, 2.75) is 44.6 Å². The highest BCUT2D eigenvalue weighted by molar-refractivity contribution is 5.83. The molecule has 1 aliphatic rings. The number of aliphatic carboxylic acids is 1. The fourth-order valence-electron chi connectivity index (χ4n) is 2.39. The zero-order valence-corrected chi connectivity index (χ0v) is 10.5. The minimum Gasteiger partial charge on any atom is -0.479 e. The van der Waals surface area contributed by atoms with Crippen LogP contribution in [0.25, 0.3) is 0 Å². The highest BCUT2D eigenvalue weighted by Crippen LogP contribution is 2.34. The molecule has 0 unspecified atom stereocenters. The largest absolute Gasteiger partial charge is 0.479 e. The molecular formula is C12H22N2O4. The summed E-state index contributed by atoms with van der Waals surface area (Å²) in [5.74, 6) is -1.56. The second-order valence-electron chi connectivity index (χ2n) is 4.96. The maximum Gasteiger partial charge on any atom is 0.334 e. The first-order chi connectivity index (χ1) is 8.52. The predicted molar refractivity (Wildman–Crippen MR) is 65.8 cm³/mol. The Balaban J connectivity index is 2.58. The third-order valence-corrected chi connectivity index (χ3v) is 3.67. The molecule has 0 aromatic rings. The van der Waals surface area contributed by atoms with Gasteiger partial charge in [0, 0.05) is 6.54 Å². The lowest BCUT2D eigenvalue weighted by molar-refractivity contribution is -0.146. The molecule has 0 spiro atoms. The SMILES string of the molecule is NCC1(C(=O)NC[C@H](O)C(=O)O)CCCCCC1. The van der Waals surface area contributed by atoms with Crippen LogP contribution in [0.5, 0.6) is 0 Å². The number of hydrogen-bond donors (Lipinski definition) is 4. The molecule has 0 aromatic heterocycles. The Hall–Kier alpha value is -1.14. The van der Waals surface area contributed by atoms with Crippen LogP contribution in [0, 0.1) is 5.41 Å². The summed E-state index contributed by atoms with van der Waals surface area (Å²) in [6, 6.07) is 0. The molecule has 1 fully saturated rings. The number of carbonyl (C=O) groups is 2. The van der Waals surface area contributed by atoms with E-state index in [0.29, 0.717) is 0 Å². The Morgan fingerprint density at radius 1 is 1.22 bits per heavy atom. The van der Waals surface area contributed by atoms with Gasteiger partial charge in [0.05, 0.1) is 12.0 Å². The molecule has 0 bridgehead atoms. The first kappa shape index (κ1) is 14.9. The molecule has 1 rings (SSSR count). The number of rotatable bonds is 5. The molecule has 0 aromatic carbocycles. The van der Waals surface area contributed by atoms with Gasteiger partial charge in [-0.1, -0.05) is 25.7 Å². The van der Waals surface area contributed by atoms with E-state index < -0.39 is 17.5 Å². The summed E-state index contributed by atoms with van der Waals surface area (Å²) in [6.45, 7) is -0.00207. The van der Waals surface area contributed by atoms with E-state index in [2.05, 4.69) is 5.32 Å². The molecule has 1 amide bonds. The van der Waals surface area contributed by atoms with Crippen molar-refractivity contribution in [2.24, 2.45) is 11.1 Å². The van der Waals surface area contributed by atoms with Gasteiger partial charge in [-0.3, -0.25) is 4.79 Å². The van der Waals surface area contributed by atoms with Crippen molar-refractivity contribution >= 4 is 11.9 Å². The van der Waals surface area contributed by atoms with Gasteiger partial charge in [-0.25, -0.2) is 4.79 Å². The van der Waals surface area contributed by atoms with Crippen LogP contribution in [-0.4, -0.2) is 41.3 Å². The van der Waals surface area contributed by atoms with Gasteiger partial charge in [0.15, 0.2) is 6.10 Å². The number of aliphatic hydroxyl groups excluding tert-OH is 1. The van der Waals surface area contributed by atoms with Crippen molar-refractivity contribution in [2.75, 3.05) is 13.1 Å². The Morgan fingerprint density at radius 2 is 1.78 bits per heavy atom. The average molecular weight is 258 g/mol. The number of carboxylic acid groups (broad SMARTS) is 1. The summed E-state index contributed by atoms with van der Waals surface area (Å²) in [5, 5.41) is 20.2. The summed E-state index contributed by atoms with van der Waals surface area (Å²) in [6.07, 6.45) is 4.05. The first-order valence-electron chi connectivity index (χ1n) is 6.41. The van der Waals surface area contributed by atoms with E-state index in [1.165, 1.54) is 0 Å². The molecular weight excluding hydrogens is 236 g/mol. The lowest BCUT2D eigenvalue weighted by Gasteiger charge is -2.30. The summed E-state index contributed by atoms with van der Waals surface area (Å²) < 4.78 is 0. The second kappa shape index (κ2) is 6.70. The van der Waals surface area contributed by atoms with Gasteiger partial charge in [-0.05, 0) is 12.8 Å². The highest BCUT2D eigenvalue weighted by atomic mass is 16.4.